The highest BCUT2D eigenvalue weighted by Gasteiger charge is 2.29. The molecule has 124 valence electrons. The van der Waals surface area contributed by atoms with Crippen LogP contribution in [0.3, 0.4) is 0 Å². The Balaban J connectivity index is 1.68. The second-order valence-corrected chi connectivity index (χ2v) is 8.14. The summed E-state index contributed by atoms with van der Waals surface area (Å²) >= 11 is 0. The molecule has 6 nitrogen and oxygen atoms in total. The first-order valence-corrected chi connectivity index (χ1v) is 9.50. The zero-order valence-corrected chi connectivity index (χ0v) is 14.1. The summed E-state index contributed by atoms with van der Waals surface area (Å²) in [5, 5.41) is 4.11. The molecule has 1 fully saturated rings. The fraction of sp³-hybridized carbons (Fsp3) is 0.500. The summed E-state index contributed by atoms with van der Waals surface area (Å²) in [5.74, 6) is 0.368. The zero-order valence-electron chi connectivity index (χ0n) is 13.3. The summed E-state index contributed by atoms with van der Waals surface area (Å²) in [6, 6.07) is 7.67. The highest BCUT2D eigenvalue weighted by molar-refractivity contribution is 7.88. The molecule has 0 spiro atoms. The van der Waals surface area contributed by atoms with Crippen LogP contribution in [-0.4, -0.2) is 40.6 Å². The topological polar surface area (TPSA) is 68.1 Å². The molecule has 1 atom stereocenters. The molecule has 23 heavy (non-hydrogen) atoms. The fourth-order valence-electron chi connectivity index (χ4n) is 3.08. The van der Waals surface area contributed by atoms with Crippen molar-refractivity contribution in [3.05, 3.63) is 48.0 Å². The van der Waals surface area contributed by atoms with Crippen LogP contribution in [-0.2, 0) is 22.3 Å². The van der Waals surface area contributed by atoms with E-state index in [2.05, 4.69) is 10.1 Å². The van der Waals surface area contributed by atoms with E-state index in [1.807, 2.05) is 31.2 Å². The molecule has 0 aliphatic carbocycles. The molecule has 1 aromatic heterocycles. The number of aryl methyl sites for hydroxylation is 1. The maximum absolute atomic E-state index is 12.7. The Labute approximate surface area is 137 Å². The summed E-state index contributed by atoms with van der Waals surface area (Å²) in [4.78, 5) is 3.94. The molecule has 2 aromatic rings. The highest BCUT2D eigenvalue weighted by Crippen LogP contribution is 2.23. The normalized spacial score (nSPS) is 19.8. The van der Waals surface area contributed by atoms with E-state index in [1.165, 1.54) is 6.33 Å². The van der Waals surface area contributed by atoms with Crippen LogP contribution in [0.15, 0.2) is 36.9 Å². The Kier molecular flexibility index (Phi) is 4.77. The van der Waals surface area contributed by atoms with E-state index in [0.717, 1.165) is 30.5 Å². The molecule has 1 aliphatic rings. The number of piperidine rings is 1. The van der Waals surface area contributed by atoms with Gasteiger partial charge in [0.2, 0.25) is 10.0 Å². The van der Waals surface area contributed by atoms with Crippen molar-refractivity contribution in [1.82, 2.24) is 19.1 Å². The summed E-state index contributed by atoms with van der Waals surface area (Å²) in [6.45, 7) is 3.85. The number of benzene rings is 1. The van der Waals surface area contributed by atoms with Crippen molar-refractivity contribution in [2.24, 2.45) is 5.92 Å². The lowest BCUT2D eigenvalue weighted by Crippen LogP contribution is -2.41. The van der Waals surface area contributed by atoms with Crippen LogP contribution in [0.1, 0.15) is 24.0 Å². The summed E-state index contributed by atoms with van der Waals surface area (Å²) in [5.41, 5.74) is 1.90. The SMILES string of the molecule is Cc1ccccc1CS(=O)(=O)N1CCC[C@H](Cn2cncn2)C1. The maximum Gasteiger partial charge on any atom is 0.218 e. The summed E-state index contributed by atoms with van der Waals surface area (Å²) in [7, 11) is -3.28. The molecule has 1 saturated heterocycles. The van der Waals surface area contributed by atoms with Crippen molar-refractivity contribution in [2.75, 3.05) is 13.1 Å². The maximum atomic E-state index is 12.7. The van der Waals surface area contributed by atoms with Crippen LogP contribution in [0.5, 0.6) is 0 Å². The van der Waals surface area contributed by atoms with Gasteiger partial charge in [-0.1, -0.05) is 24.3 Å². The second kappa shape index (κ2) is 6.80. The Morgan fingerprint density at radius 1 is 1.30 bits per heavy atom. The minimum absolute atomic E-state index is 0.0791. The van der Waals surface area contributed by atoms with Gasteiger partial charge in [-0.05, 0) is 36.8 Å². The third-order valence-electron chi connectivity index (χ3n) is 4.39. The molecule has 2 heterocycles. The van der Waals surface area contributed by atoms with E-state index in [4.69, 9.17) is 0 Å². The molecule has 3 rings (SSSR count). The van der Waals surface area contributed by atoms with Crippen molar-refractivity contribution < 1.29 is 8.42 Å². The number of hydrogen-bond donors (Lipinski definition) is 0. The van der Waals surface area contributed by atoms with Gasteiger partial charge < -0.3 is 0 Å². The molecule has 0 N–H and O–H groups in total. The highest BCUT2D eigenvalue weighted by atomic mass is 32.2. The smallest absolute Gasteiger partial charge is 0.218 e. The summed E-state index contributed by atoms with van der Waals surface area (Å²) < 4.78 is 28.9. The van der Waals surface area contributed by atoms with Crippen molar-refractivity contribution >= 4 is 10.0 Å². The fourth-order valence-corrected chi connectivity index (χ4v) is 4.82. The van der Waals surface area contributed by atoms with Crippen LogP contribution in [0.25, 0.3) is 0 Å². The third kappa shape index (κ3) is 3.97. The van der Waals surface area contributed by atoms with Crippen LogP contribution >= 0.6 is 0 Å². The molecule has 0 bridgehead atoms. The van der Waals surface area contributed by atoms with Gasteiger partial charge in [-0.15, -0.1) is 0 Å². The lowest BCUT2D eigenvalue weighted by molar-refractivity contribution is 0.239. The number of hydrogen-bond acceptors (Lipinski definition) is 4. The lowest BCUT2D eigenvalue weighted by Gasteiger charge is -2.32. The molecule has 0 saturated carbocycles. The molecular formula is C16H22N4O2S. The predicted octanol–water partition coefficient (Wildman–Crippen LogP) is 1.83. The van der Waals surface area contributed by atoms with Gasteiger partial charge in [0, 0.05) is 19.6 Å². The number of rotatable bonds is 5. The first-order valence-electron chi connectivity index (χ1n) is 7.89. The predicted molar refractivity (Wildman–Crippen MR) is 88.1 cm³/mol. The van der Waals surface area contributed by atoms with Crippen LogP contribution in [0, 0.1) is 12.8 Å². The van der Waals surface area contributed by atoms with Crippen LogP contribution in [0.2, 0.25) is 0 Å². The van der Waals surface area contributed by atoms with Gasteiger partial charge in [0.05, 0.1) is 5.75 Å². The van der Waals surface area contributed by atoms with E-state index in [-0.39, 0.29) is 11.7 Å². The quantitative estimate of drug-likeness (QED) is 0.836. The first kappa shape index (κ1) is 16.1. The largest absolute Gasteiger partial charge is 0.253 e. The number of sulfonamides is 1. The van der Waals surface area contributed by atoms with Crippen molar-refractivity contribution in [2.45, 2.75) is 32.1 Å². The standard InChI is InChI=1S/C16H22N4O2S/c1-14-5-2-3-7-16(14)11-23(21,22)20-8-4-6-15(10-20)9-19-13-17-12-18-19/h2-3,5,7,12-13,15H,4,6,8-11H2,1H3/t15-/m1/s1. The molecule has 1 aromatic carbocycles. The first-order chi connectivity index (χ1) is 11.0. The molecule has 7 heteroatoms. The van der Waals surface area contributed by atoms with Crippen LogP contribution in [0.4, 0.5) is 0 Å². The van der Waals surface area contributed by atoms with Gasteiger partial charge in [0.15, 0.2) is 0 Å². The van der Waals surface area contributed by atoms with Gasteiger partial charge >= 0.3 is 0 Å². The Hall–Kier alpha value is -1.73. The molecule has 0 radical (unpaired) electrons. The molecule has 0 unspecified atom stereocenters. The minimum atomic E-state index is -3.28. The van der Waals surface area contributed by atoms with Crippen molar-refractivity contribution in [3.63, 3.8) is 0 Å². The van der Waals surface area contributed by atoms with Gasteiger partial charge in [-0.3, -0.25) is 4.68 Å². The monoisotopic (exact) mass is 334 g/mol. The average molecular weight is 334 g/mol. The van der Waals surface area contributed by atoms with Gasteiger partial charge in [-0.2, -0.15) is 5.10 Å². The third-order valence-corrected chi connectivity index (χ3v) is 6.18. The molecule has 0 amide bonds. The van der Waals surface area contributed by atoms with Crippen LogP contribution < -0.4 is 0 Å². The average Bonchev–Trinajstić information content (AvgIpc) is 3.03. The van der Waals surface area contributed by atoms with E-state index < -0.39 is 10.0 Å². The number of aromatic nitrogens is 3. The Morgan fingerprint density at radius 3 is 2.87 bits per heavy atom. The Morgan fingerprint density at radius 2 is 2.13 bits per heavy atom. The van der Waals surface area contributed by atoms with E-state index in [9.17, 15) is 8.42 Å². The summed E-state index contributed by atoms with van der Waals surface area (Å²) in [6.07, 6.45) is 5.11. The van der Waals surface area contributed by atoms with Crippen molar-refractivity contribution in [1.29, 1.82) is 0 Å². The van der Waals surface area contributed by atoms with Gasteiger partial charge in [-0.25, -0.2) is 17.7 Å². The minimum Gasteiger partial charge on any atom is -0.253 e. The van der Waals surface area contributed by atoms with Crippen molar-refractivity contribution in [3.8, 4) is 0 Å². The van der Waals surface area contributed by atoms with E-state index >= 15 is 0 Å². The van der Waals surface area contributed by atoms with E-state index in [1.54, 1.807) is 15.3 Å². The van der Waals surface area contributed by atoms with Gasteiger partial charge in [0.1, 0.15) is 12.7 Å². The molecular weight excluding hydrogens is 312 g/mol. The Bertz CT molecular complexity index is 743. The second-order valence-electron chi connectivity index (χ2n) is 6.17. The van der Waals surface area contributed by atoms with E-state index in [0.29, 0.717) is 13.1 Å². The molecule has 1 aliphatic heterocycles. The lowest BCUT2D eigenvalue weighted by atomic mass is 10.00. The van der Waals surface area contributed by atoms with Gasteiger partial charge in [0.25, 0.3) is 0 Å². The number of nitrogens with zero attached hydrogens (tertiary/aromatic N) is 4. The zero-order chi connectivity index (χ0) is 16.3.